The van der Waals surface area contributed by atoms with Gasteiger partial charge in [0.1, 0.15) is 5.82 Å². The van der Waals surface area contributed by atoms with Gasteiger partial charge in [0.2, 0.25) is 0 Å². The number of amides is 1. The van der Waals surface area contributed by atoms with Gasteiger partial charge in [-0.05, 0) is 31.4 Å². The molecule has 1 atom stereocenters. The van der Waals surface area contributed by atoms with E-state index < -0.39 is 11.6 Å². The van der Waals surface area contributed by atoms with Crippen molar-refractivity contribution in [3.63, 3.8) is 0 Å². The van der Waals surface area contributed by atoms with E-state index in [2.05, 4.69) is 20.3 Å². The number of aromatic nitrogens is 3. The molecule has 0 aliphatic carbocycles. The first-order valence-electron chi connectivity index (χ1n) is 10.6. The number of carbonyl (C=O) groups is 1. The normalized spacial score (nSPS) is 16.4. The molecule has 3 heterocycles. The van der Waals surface area contributed by atoms with Gasteiger partial charge in [-0.25, -0.2) is 13.8 Å². The second-order valence-electron chi connectivity index (χ2n) is 7.92. The Kier molecular flexibility index (Phi) is 5.34. The fourth-order valence-electron chi connectivity index (χ4n) is 4.23. The maximum absolute atomic E-state index is 13.6. The number of nitrogens with one attached hydrogen (secondary N) is 1. The molecule has 4 aromatic rings. The Balaban J connectivity index is 1.36. The third-order valence-electron chi connectivity index (χ3n) is 5.85. The third-order valence-corrected chi connectivity index (χ3v) is 5.85. The zero-order valence-electron chi connectivity index (χ0n) is 17.3. The highest BCUT2D eigenvalue weighted by Gasteiger charge is 2.28. The molecule has 0 bridgehead atoms. The summed E-state index contributed by atoms with van der Waals surface area (Å²) in [6.45, 7) is 1.15. The van der Waals surface area contributed by atoms with Crippen LogP contribution in [0.1, 0.15) is 29.6 Å². The Bertz CT molecular complexity index is 1310. The second kappa shape index (κ2) is 8.45. The van der Waals surface area contributed by atoms with E-state index in [0.29, 0.717) is 30.0 Å². The minimum atomic E-state index is -0.961. The van der Waals surface area contributed by atoms with Crippen LogP contribution in [0.5, 0.6) is 0 Å². The molecule has 2 aromatic heterocycles. The molecule has 1 amide bonds. The van der Waals surface area contributed by atoms with E-state index in [1.54, 1.807) is 6.20 Å². The molecule has 32 heavy (non-hydrogen) atoms. The van der Waals surface area contributed by atoms with E-state index in [-0.39, 0.29) is 23.0 Å². The first-order valence-corrected chi connectivity index (χ1v) is 10.6. The molecule has 1 N–H and O–H groups in total. The predicted molar refractivity (Wildman–Crippen MR) is 118 cm³/mol. The number of para-hydroxylation sites is 1. The summed E-state index contributed by atoms with van der Waals surface area (Å²) in [6.07, 6.45) is 6.02. The Morgan fingerprint density at radius 1 is 1.06 bits per heavy atom. The SMILES string of the molecule is O=C(c1cccc2cccnc12)N1CCCCC1CNc1cnc2cc(F)c(F)cc2n1. The summed E-state index contributed by atoms with van der Waals surface area (Å²) < 4.78 is 27.0. The number of hydrogen-bond donors (Lipinski definition) is 1. The molecular weight excluding hydrogens is 412 g/mol. The smallest absolute Gasteiger partial charge is 0.256 e. The van der Waals surface area contributed by atoms with Crippen molar-refractivity contribution in [3.05, 3.63) is 72.1 Å². The minimum Gasteiger partial charge on any atom is -0.367 e. The van der Waals surface area contributed by atoms with Crippen molar-refractivity contribution < 1.29 is 13.6 Å². The number of pyridine rings is 1. The molecule has 0 spiro atoms. The lowest BCUT2D eigenvalue weighted by Crippen LogP contribution is -2.47. The van der Waals surface area contributed by atoms with Crippen LogP contribution in [0.15, 0.2) is 54.9 Å². The van der Waals surface area contributed by atoms with E-state index >= 15 is 0 Å². The van der Waals surface area contributed by atoms with Crippen LogP contribution in [0, 0.1) is 11.6 Å². The van der Waals surface area contributed by atoms with Gasteiger partial charge >= 0.3 is 0 Å². The molecule has 2 aromatic carbocycles. The Morgan fingerprint density at radius 2 is 1.88 bits per heavy atom. The van der Waals surface area contributed by atoms with Crippen LogP contribution in [-0.2, 0) is 0 Å². The molecule has 1 aliphatic rings. The minimum absolute atomic E-state index is 0.0299. The van der Waals surface area contributed by atoms with Gasteiger partial charge in [0, 0.05) is 42.8 Å². The van der Waals surface area contributed by atoms with E-state index in [4.69, 9.17) is 0 Å². The number of nitrogens with zero attached hydrogens (tertiary/aromatic N) is 4. The van der Waals surface area contributed by atoms with Crippen LogP contribution >= 0.6 is 0 Å². The van der Waals surface area contributed by atoms with Gasteiger partial charge in [-0.3, -0.25) is 14.8 Å². The molecule has 1 fully saturated rings. The molecule has 162 valence electrons. The van der Waals surface area contributed by atoms with Gasteiger partial charge in [-0.15, -0.1) is 0 Å². The summed E-state index contributed by atoms with van der Waals surface area (Å²) in [6, 6.07) is 11.5. The molecule has 5 rings (SSSR count). The van der Waals surface area contributed by atoms with Crippen molar-refractivity contribution in [3.8, 4) is 0 Å². The number of halogens is 2. The summed E-state index contributed by atoms with van der Waals surface area (Å²) in [4.78, 5) is 28.2. The van der Waals surface area contributed by atoms with Gasteiger partial charge in [0.25, 0.3) is 5.91 Å². The number of fused-ring (bicyclic) bond motifs is 2. The zero-order chi connectivity index (χ0) is 22.1. The van der Waals surface area contributed by atoms with Crippen LogP contribution in [0.2, 0.25) is 0 Å². The number of carbonyl (C=O) groups excluding carboxylic acids is 1. The second-order valence-corrected chi connectivity index (χ2v) is 7.92. The van der Waals surface area contributed by atoms with Crippen LogP contribution in [0.3, 0.4) is 0 Å². The molecule has 6 nitrogen and oxygen atoms in total. The lowest BCUT2D eigenvalue weighted by molar-refractivity contribution is 0.0630. The number of hydrogen-bond acceptors (Lipinski definition) is 5. The first-order chi connectivity index (χ1) is 15.6. The number of likely N-dealkylation sites (tertiary alicyclic amines) is 1. The molecule has 1 unspecified atom stereocenters. The standard InChI is InChI=1S/C24H21F2N5O/c25-18-11-20-21(12-19(18)26)30-22(14-28-20)29-13-16-7-1-2-10-31(16)24(32)17-8-3-5-15-6-4-9-27-23(15)17/h3-6,8-9,11-12,14,16H,1-2,7,10,13H2,(H,29,30). The molecular formula is C24H21F2N5O. The average Bonchev–Trinajstić information content (AvgIpc) is 2.83. The molecule has 1 aliphatic heterocycles. The quantitative estimate of drug-likeness (QED) is 0.511. The van der Waals surface area contributed by atoms with Gasteiger partial charge < -0.3 is 10.2 Å². The highest BCUT2D eigenvalue weighted by atomic mass is 19.2. The van der Waals surface area contributed by atoms with Crippen LogP contribution < -0.4 is 5.32 Å². The molecule has 8 heteroatoms. The van der Waals surface area contributed by atoms with Crippen molar-refractivity contribution >= 4 is 33.7 Å². The summed E-state index contributed by atoms with van der Waals surface area (Å²) in [5.41, 5.74) is 1.85. The Hall–Kier alpha value is -3.68. The zero-order valence-corrected chi connectivity index (χ0v) is 17.3. The van der Waals surface area contributed by atoms with E-state index in [1.807, 2.05) is 35.2 Å². The number of piperidine rings is 1. The van der Waals surface area contributed by atoms with E-state index in [0.717, 1.165) is 36.8 Å². The van der Waals surface area contributed by atoms with Gasteiger partial charge in [-0.1, -0.05) is 18.2 Å². The Labute approximate surface area is 183 Å². The van der Waals surface area contributed by atoms with Crippen molar-refractivity contribution in [2.45, 2.75) is 25.3 Å². The van der Waals surface area contributed by atoms with Gasteiger partial charge in [0.15, 0.2) is 11.6 Å². The maximum Gasteiger partial charge on any atom is 0.256 e. The summed E-state index contributed by atoms with van der Waals surface area (Å²) >= 11 is 0. The van der Waals surface area contributed by atoms with Crippen molar-refractivity contribution in [2.75, 3.05) is 18.4 Å². The monoisotopic (exact) mass is 433 g/mol. The lowest BCUT2D eigenvalue weighted by Gasteiger charge is -2.36. The maximum atomic E-state index is 13.6. The Morgan fingerprint density at radius 3 is 2.75 bits per heavy atom. The van der Waals surface area contributed by atoms with Crippen molar-refractivity contribution in [1.29, 1.82) is 0 Å². The highest BCUT2D eigenvalue weighted by molar-refractivity contribution is 6.05. The third kappa shape index (κ3) is 3.84. The predicted octanol–water partition coefficient (Wildman–Crippen LogP) is 4.56. The topological polar surface area (TPSA) is 71.0 Å². The van der Waals surface area contributed by atoms with Gasteiger partial charge in [0.05, 0.1) is 28.3 Å². The largest absolute Gasteiger partial charge is 0.367 e. The van der Waals surface area contributed by atoms with Crippen LogP contribution in [0.4, 0.5) is 14.6 Å². The number of benzene rings is 2. The summed E-state index contributed by atoms with van der Waals surface area (Å²) in [5.74, 6) is -1.50. The fourth-order valence-corrected chi connectivity index (χ4v) is 4.23. The summed E-state index contributed by atoms with van der Waals surface area (Å²) in [5, 5.41) is 4.15. The number of rotatable bonds is 4. The van der Waals surface area contributed by atoms with Crippen molar-refractivity contribution in [2.24, 2.45) is 0 Å². The van der Waals surface area contributed by atoms with Crippen molar-refractivity contribution in [1.82, 2.24) is 19.9 Å². The molecule has 1 saturated heterocycles. The van der Waals surface area contributed by atoms with E-state index in [9.17, 15) is 13.6 Å². The van der Waals surface area contributed by atoms with Crippen LogP contribution in [-0.4, -0.2) is 44.9 Å². The summed E-state index contributed by atoms with van der Waals surface area (Å²) in [7, 11) is 0. The fraction of sp³-hybridized carbons (Fsp3) is 0.250. The molecule has 0 radical (unpaired) electrons. The molecule has 0 saturated carbocycles. The highest BCUT2D eigenvalue weighted by Crippen LogP contribution is 2.24. The van der Waals surface area contributed by atoms with Gasteiger partial charge in [-0.2, -0.15) is 0 Å². The van der Waals surface area contributed by atoms with E-state index in [1.165, 1.54) is 6.20 Å². The number of anilines is 1. The first kappa shape index (κ1) is 20.2. The average molecular weight is 433 g/mol. The lowest BCUT2D eigenvalue weighted by atomic mass is 9.99. The van der Waals surface area contributed by atoms with Crippen LogP contribution in [0.25, 0.3) is 21.9 Å².